The summed E-state index contributed by atoms with van der Waals surface area (Å²) in [4.78, 5) is 21.5. The Morgan fingerprint density at radius 1 is 1.16 bits per heavy atom. The number of hydrogen-bond acceptors (Lipinski definition) is 6. The van der Waals surface area contributed by atoms with Gasteiger partial charge in [0, 0.05) is 35.0 Å². The Balaban J connectivity index is 1.24. The molecule has 3 N–H and O–H groups in total. The van der Waals surface area contributed by atoms with Gasteiger partial charge in [0.25, 0.3) is 17.6 Å². The van der Waals surface area contributed by atoms with Crippen molar-refractivity contribution < 1.29 is 4.79 Å². The molecule has 0 atom stereocenters. The van der Waals surface area contributed by atoms with E-state index in [0.29, 0.717) is 24.1 Å². The molecule has 6 rings (SSSR count). The van der Waals surface area contributed by atoms with Gasteiger partial charge in [-0.3, -0.25) is 15.2 Å². The summed E-state index contributed by atoms with van der Waals surface area (Å²) in [5.74, 6) is 3.22. The number of carbonyl (C=O) groups is 1. The van der Waals surface area contributed by atoms with Gasteiger partial charge >= 0.3 is 0 Å². The van der Waals surface area contributed by atoms with Gasteiger partial charge in [0.05, 0.1) is 12.4 Å². The smallest absolute Gasteiger partial charge is 0.284 e. The summed E-state index contributed by atoms with van der Waals surface area (Å²) in [7, 11) is 0. The van der Waals surface area contributed by atoms with Crippen molar-refractivity contribution in [3.63, 3.8) is 0 Å². The second kappa shape index (κ2) is 7.94. The number of benzene rings is 1. The molecule has 2 fully saturated rings. The first-order valence-corrected chi connectivity index (χ1v) is 11.5. The number of amides is 1. The summed E-state index contributed by atoms with van der Waals surface area (Å²) in [6.45, 7) is 0.625. The van der Waals surface area contributed by atoms with Gasteiger partial charge in [-0.1, -0.05) is 18.9 Å². The molecule has 3 heterocycles. The fraction of sp³-hybridized carbons (Fsp3) is 0.375. The van der Waals surface area contributed by atoms with Gasteiger partial charge in [0.2, 0.25) is 0 Å². The topological polar surface area (TPSA) is 91.3 Å². The first-order valence-electron chi connectivity index (χ1n) is 11.5. The van der Waals surface area contributed by atoms with Crippen LogP contribution < -0.4 is 20.4 Å². The minimum atomic E-state index is 0.00344. The molecular weight excluding hydrogens is 402 g/mol. The van der Waals surface area contributed by atoms with Crippen LogP contribution in [0.3, 0.4) is 0 Å². The van der Waals surface area contributed by atoms with Crippen LogP contribution in [0.1, 0.15) is 60.5 Å². The average molecular weight is 430 g/mol. The molecule has 2 aliphatic heterocycles. The monoisotopic (exact) mass is 429 g/mol. The fourth-order valence-corrected chi connectivity index (χ4v) is 4.64. The number of nitrogens with zero attached hydrogens (tertiary/aromatic N) is 4. The summed E-state index contributed by atoms with van der Waals surface area (Å²) >= 11 is 0. The number of nitrogens with one attached hydrogen (secondary N) is 3. The third kappa shape index (κ3) is 3.82. The third-order valence-electron chi connectivity index (χ3n) is 6.57. The van der Waals surface area contributed by atoms with Gasteiger partial charge in [0.1, 0.15) is 6.54 Å². The van der Waals surface area contributed by atoms with Crippen molar-refractivity contribution in [1.29, 1.82) is 0 Å². The highest BCUT2D eigenvalue weighted by Gasteiger charge is 2.38. The molecule has 2 saturated carbocycles. The third-order valence-corrected chi connectivity index (χ3v) is 6.57. The first-order chi connectivity index (χ1) is 15.7. The van der Waals surface area contributed by atoms with E-state index < -0.39 is 0 Å². The minimum absolute atomic E-state index is 0.00344. The zero-order valence-electron chi connectivity index (χ0n) is 17.9. The molecule has 8 nitrogen and oxygen atoms in total. The van der Waals surface area contributed by atoms with Crippen LogP contribution in [0.25, 0.3) is 0 Å². The molecule has 0 saturated heterocycles. The van der Waals surface area contributed by atoms with E-state index in [4.69, 9.17) is 0 Å². The number of anilines is 2. The van der Waals surface area contributed by atoms with Crippen molar-refractivity contribution in [1.82, 2.24) is 20.4 Å². The van der Waals surface area contributed by atoms with Crippen molar-refractivity contribution in [3.05, 3.63) is 66.0 Å². The number of hydrogen-bond donors (Lipinski definition) is 3. The van der Waals surface area contributed by atoms with E-state index in [1.165, 1.54) is 31.4 Å². The molecule has 1 aromatic heterocycles. The van der Waals surface area contributed by atoms with Crippen LogP contribution >= 0.6 is 0 Å². The van der Waals surface area contributed by atoms with E-state index in [0.717, 1.165) is 36.0 Å². The lowest BCUT2D eigenvalue weighted by Crippen LogP contribution is -2.45. The number of amidine groups is 1. The Kier molecular flexibility index (Phi) is 4.79. The van der Waals surface area contributed by atoms with E-state index in [1.807, 2.05) is 41.6 Å². The maximum absolute atomic E-state index is 12.8. The second-order valence-electron chi connectivity index (χ2n) is 8.97. The lowest BCUT2D eigenvalue weighted by Gasteiger charge is -2.25. The molecule has 0 bridgehead atoms. The molecule has 163 valence electrons. The lowest BCUT2D eigenvalue weighted by atomic mass is 10.1. The van der Waals surface area contributed by atoms with Gasteiger partial charge < -0.3 is 10.2 Å². The van der Waals surface area contributed by atoms with Crippen LogP contribution in [-0.2, 0) is 0 Å². The predicted octanol–water partition coefficient (Wildman–Crippen LogP) is 3.71. The van der Waals surface area contributed by atoms with Crippen molar-refractivity contribution in [2.45, 2.75) is 50.5 Å². The highest BCUT2D eigenvalue weighted by atomic mass is 16.1. The van der Waals surface area contributed by atoms with Gasteiger partial charge in [-0.15, -0.1) is 0 Å². The van der Waals surface area contributed by atoms with Crippen molar-refractivity contribution in [3.8, 4) is 0 Å². The van der Waals surface area contributed by atoms with Crippen LogP contribution in [-0.4, -0.2) is 34.5 Å². The minimum Gasteiger partial charge on any atom is -0.349 e. The van der Waals surface area contributed by atoms with Gasteiger partial charge in [-0.25, -0.2) is 0 Å². The van der Waals surface area contributed by atoms with Crippen molar-refractivity contribution >= 4 is 23.2 Å². The van der Waals surface area contributed by atoms with E-state index >= 15 is 0 Å². The zero-order chi connectivity index (χ0) is 21.5. The number of carbonyl (C=O) groups excluding carboxylic acids is 1. The molecule has 32 heavy (non-hydrogen) atoms. The molecule has 4 aliphatic rings. The molecule has 2 aromatic rings. The van der Waals surface area contributed by atoms with Gasteiger partial charge in [-0.05, 0) is 48.8 Å². The Bertz CT molecular complexity index is 1120. The first kappa shape index (κ1) is 19.3. The van der Waals surface area contributed by atoms with Crippen LogP contribution in [0.4, 0.5) is 11.5 Å². The molecule has 2 aliphatic carbocycles. The Labute approximate surface area is 187 Å². The normalized spacial score (nSPS) is 20.8. The van der Waals surface area contributed by atoms with E-state index in [9.17, 15) is 4.79 Å². The number of aromatic amines is 1. The predicted molar refractivity (Wildman–Crippen MR) is 124 cm³/mol. The van der Waals surface area contributed by atoms with Gasteiger partial charge in [-0.2, -0.15) is 10.1 Å². The summed E-state index contributed by atoms with van der Waals surface area (Å²) in [5.41, 5.74) is 2.83. The summed E-state index contributed by atoms with van der Waals surface area (Å²) in [5, 5.41) is 14.2. The summed E-state index contributed by atoms with van der Waals surface area (Å²) in [6, 6.07) is 10.2. The number of rotatable bonds is 6. The Morgan fingerprint density at radius 2 is 2.03 bits per heavy atom. The quantitative estimate of drug-likeness (QED) is 0.611. The average Bonchev–Trinajstić information content (AvgIpc) is 3.19. The van der Waals surface area contributed by atoms with E-state index in [1.54, 1.807) is 6.20 Å². The summed E-state index contributed by atoms with van der Waals surface area (Å²) < 4.78 is 0. The number of aromatic nitrogens is 2. The summed E-state index contributed by atoms with van der Waals surface area (Å²) in [6.07, 6.45) is 12.8. The lowest BCUT2D eigenvalue weighted by molar-refractivity contribution is 0.0938. The molecule has 0 spiro atoms. The molecule has 1 aromatic carbocycles. The second-order valence-corrected chi connectivity index (χ2v) is 8.97. The molecule has 1 radical (unpaired) electrons. The SMILES string of the molecule is O=C(NC1CCCC1)c1cccc(N2C=C(Nc3cc(C4CC4)[nH]n3)[N+]3C=CN=C3C2)c1. The van der Waals surface area contributed by atoms with Crippen LogP contribution in [0, 0.1) is 0 Å². The number of H-pyrrole nitrogens is 1. The van der Waals surface area contributed by atoms with Crippen LogP contribution in [0.2, 0.25) is 0 Å². The molecule has 1 amide bonds. The van der Waals surface area contributed by atoms with Crippen molar-refractivity contribution in [2.24, 2.45) is 4.99 Å². The Hall–Kier alpha value is -3.39. The van der Waals surface area contributed by atoms with E-state index in [-0.39, 0.29) is 5.91 Å². The Morgan fingerprint density at radius 3 is 2.88 bits per heavy atom. The molecular formula is C24H27N7O+. The standard InChI is InChI=1S/C24H27N7O/c32-24(26-18-5-1-2-6-18)17-4-3-7-19(12-17)30-14-22-25-10-11-31(22)23(15-30)27-21-13-20(28-29-21)16-8-9-16/h3-4,7,10-13,15-16,18H,1-2,5-6,8-9,14H2,(H,26,32)(H2,27,28,29)/q+1. The van der Waals surface area contributed by atoms with Crippen LogP contribution in [0.5, 0.6) is 0 Å². The largest absolute Gasteiger partial charge is 0.349 e. The van der Waals surface area contributed by atoms with Crippen molar-refractivity contribution in [2.75, 3.05) is 16.8 Å². The molecule has 0 unspecified atom stereocenters. The maximum atomic E-state index is 12.8. The zero-order valence-corrected chi connectivity index (χ0v) is 17.9. The maximum Gasteiger partial charge on any atom is 0.284 e. The highest BCUT2D eigenvalue weighted by Crippen LogP contribution is 2.39. The number of fused-ring (bicyclic) bond motifs is 1. The van der Waals surface area contributed by atoms with E-state index in [2.05, 4.69) is 36.8 Å². The highest BCUT2D eigenvalue weighted by molar-refractivity contribution is 5.97. The fourth-order valence-electron chi connectivity index (χ4n) is 4.64. The number of aliphatic imine (C=N–C) groups is 1. The van der Waals surface area contributed by atoms with Gasteiger partial charge in [0.15, 0.2) is 12.0 Å². The van der Waals surface area contributed by atoms with Crippen LogP contribution in [0.15, 0.2) is 59.7 Å². The molecule has 8 heteroatoms.